The molecule has 2 aromatic carbocycles. The smallest absolute Gasteiger partial charge is 0.202 e. The van der Waals surface area contributed by atoms with Gasteiger partial charge in [0.05, 0.1) is 28.2 Å². The Hall–Kier alpha value is -2.12. The number of ketones is 3. The molecule has 0 heterocycles. The van der Waals surface area contributed by atoms with Crippen molar-refractivity contribution in [1.82, 2.24) is 0 Å². The molecule has 1 saturated carbocycles. The molecule has 0 spiro atoms. The number of benzene rings is 2. The van der Waals surface area contributed by atoms with E-state index in [1.807, 2.05) is 0 Å². The summed E-state index contributed by atoms with van der Waals surface area (Å²) in [7, 11) is 0. The zero-order chi connectivity index (χ0) is 20.3. The van der Waals surface area contributed by atoms with Crippen LogP contribution in [0.1, 0.15) is 53.9 Å². The lowest BCUT2D eigenvalue weighted by atomic mass is 9.75. The largest absolute Gasteiger partial charge is 0.507 e. The zero-order valence-corrected chi connectivity index (χ0v) is 15.9. The molecule has 5 rings (SSSR count). The van der Waals surface area contributed by atoms with Gasteiger partial charge in [-0.05, 0) is 23.8 Å². The number of carbonyl (C=O) groups is 3. The normalized spacial score (nSPS) is 26.3. The lowest BCUT2D eigenvalue weighted by molar-refractivity contribution is 0.0863. The Kier molecular flexibility index (Phi) is 3.38. The van der Waals surface area contributed by atoms with Gasteiger partial charge in [-0.3, -0.25) is 14.4 Å². The molecule has 6 nitrogen and oxygen atoms in total. The summed E-state index contributed by atoms with van der Waals surface area (Å²) in [5.74, 6) is -5.06. The number of fused-ring (bicyclic) bond motifs is 5. The van der Waals surface area contributed by atoms with Crippen LogP contribution in [-0.4, -0.2) is 37.0 Å². The van der Waals surface area contributed by atoms with E-state index < -0.39 is 56.7 Å². The van der Waals surface area contributed by atoms with Crippen molar-refractivity contribution in [2.24, 2.45) is 11.8 Å². The van der Waals surface area contributed by atoms with Gasteiger partial charge >= 0.3 is 0 Å². The van der Waals surface area contributed by atoms with Gasteiger partial charge in [0.15, 0.2) is 11.6 Å². The molecule has 0 radical (unpaired) electrons. The molecule has 142 valence electrons. The number of halogens is 3. The average molecular weight is 440 g/mol. The molecule has 1 fully saturated rings. The molecule has 3 N–H and O–H groups in total. The molecule has 0 aliphatic heterocycles. The monoisotopic (exact) mass is 438 g/mol. The highest BCUT2D eigenvalue weighted by Gasteiger charge is 2.72. The lowest BCUT2D eigenvalue weighted by Crippen LogP contribution is -2.29. The first-order chi connectivity index (χ1) is 13.1. The van der Waals surface area contributed by atoms with Crippen molar-refractivity contribution >= 4 is 52.2 Å². The number of phenolic OH excluding ortho intramolecular Hbond substituents is 2. The van der Waals surface area contributed by atoms with Crippen molar-refractivity contribution < 1.29 is 29.7 Å². The summed E-state index contributed by atoms with van der Waals surface area (Å²) in [5, 5.41) is 31.1. The number of rotatable bonds is 0. The van der Waals surface area contributed by atoms with Crippen LogP contribution in [0.3, 0.4) is 0 Å². The molecule has 28 heavy (non-hydrogen) atoms. The second-order valence-corrected chi connectivity index (χ2v) is 8.93. The fourth-order valence-corrected chi connectivity index (χ4v) is 5.31. The Morgan fingerprint density at radius 1 is 0.929 bits per heavy atom. The second kappa shape index (κ2) is 5.27. The first-order valence-electron chi connectivity index (χ1n) is 8.19. The topological polar surface area (TPSA) is 112 Å². The molecule has 3 atom stereocenters. The molecule has 0 amide bonds. The van der Waals surface area contributed by atoms with Crippen LogP contribution in [0, 0.1) is 11.8 Å². The van der Waals surface area contributed by atoms with E-state index >= 15 is 0 Å². The van der Waals surface area contributed by atoms with E-state index in [1.165, 1.54) is 12.1 Å². The van der Waals surface area contributed by atoms with Gasteiger partial charge in [-0.2, -0.15) is 0 Å². The minimum atomic E-state index is -1.50. The van der Waals surface area contributed by atoms with Crippen molar-refractivity contribution in [2.45, 2.75) is 10.4 Å². The molecular formula is C19H9Cl3O6. The van der Waals surface area contributed by atoms with E-state index in [4.69, 9.17) is 34.8 Å². The molecule has 0 saturated heterocycles. The number of hydrogen-bond acceptors (Lipinski definition) is 6. The van der Waals surface area contributed by atoms with Crippen LogP contribution in [0.4, 0.5) is 0 Å². The first-order valence-corrected chi connectivity index (χ1v) is 9.33. The van der Waals surface area contributed by atoms with E-state index in [1.54, 1.807) is 0 Å². The molecule has 3 aliphatic carbocycles. The van der Waals surface area contributed by atoms with Crippen LogP contribution in [0.5, 0.6) is 11.5 Å². The minimum absolute atomic E-state index is 0.00606. The Bertz CT molecular complexity index is 1170. The van der Waals surface area contributed by atoms with Crippen LogP contribution < -0.4 is 0 Å². The number of hydrogen-bond donors (Lipinski definition) is 3. The van der Waals surface area contributed by atoms with Crippen LogP contribution in [0.2, 0.25) is 5.02 Å². The Morgan fingerprint density at radius 2 is 1.61 bits per heavy atom. The average Bonchev–Trinajstić information content (AvgIpc) is 3.21. The number of aliphatic hydroxyl groups excluding tert-OH is 1. The zero-order valence-electron chi connectivity index (χ0n) is 13.7. The van der Waals surface area contributed by atoms with Gasteiger partial charge in [0.25, 0.3) is 0 Å². The van der Waals surface area contributed by atoms with E-state index in [0.717, 1.165) is 6.07 Å². The summed E-state index contributed by atoms with van der Waals surface area (Å²) in [6, 6.07) is 3.57. The molecule has 0 unspecified atom stereocenters. The van der Waals surface area contributed by atoms with Gasteiger partial charge in [0.1, 0.15) is 15.8 Å². The molecule has 2 aromatic rings. The van der Waals surface area contributed by atoms with Crippen molar-refractivity contribution in [1.29, 1.82) is 0 Å². The number of phenols is 2. The summed E-state index contributed by atoms with van der Waals surface area (Å²) in [4.78, 5) is 39.1. The van der Waals surface area contributed by atoms with E-state index in [9.17, 15) is 29.7 Å². The number of carbonyl (C=O) groups excluding carboxylic acids is 3. The molecular weight excluding hydrogens is 431 g/mol. The second-order valence-electron chi connectivity index (χ2n) is 7.07. The number of aromatic hydroxyl groups is 2. The minimum Gasteiger partial charge on any atom is -0.507 e. The van der Waals surface area contributed by atoms with Crippen LogP contribution >= 0.6 is 34.8 Å². The fourth-order valence-electron chi connectivity index (χ4n) is 4.32. The predicted octanol–water partition coefficient (Wildman–Crippen LogP) is 3.18. The predicted molar refractivity (Wildman–Crippen MR) is 98.8 cm³/mol. The van der Waals surface area contributed by atoms with Gasteiger partial charge in [0.2, 0.25) is 5.78 Å². The molecule has 9 heteroatoms. The number of Topliss-reactive ketones (excluding diaryl/α,β-unsaturated/α-hetero) is 1. The summed E-state index contributed by atoms with van der Waals surface area (Å²) in [6.07, 6.45) is -1.29. The van der Waals surface area contributed by atoms with Crippen LogP contribution in [0.25, 0.3) is 0 Å². The number of aliphatic hydroxyl groups is 1. The third-order valence-corrected chi connectivity index (χ3v) is 6.97. The fraction of sp³-hybridized carbons (Fsp3) is 0.211. The van der Waals surface area contributed by atoms with Gasteiger partial charge in [-0.25, -0.2) is 0 Å². The highest BCUT2D eigenvalue weighted by Crippen LogP contribution is 2.68. The Labute approximate surface area is 172 Å². The van der Waals surface area contributed by atoms with E-state index in [-0.39, 0.29) is 32.8 Å². The van der Waals surface area contributed by atoms with Crippen molar-refractivity contribution in [3.8, 4) is 11.5 Å². The highest BCUT2D eigenvalue weighted by molar-refractivity contribution is 6.53. The summed E-state index contributed by atoms with van der Waals surface area (Å²) in [6.45, 7) is 0. The van der Waals surface area contributed by atoms with Crippen molar-refractivity contribution in [3.63, 3.8) is 0 Å². The number of alkyl halides is 2. The van der Waals surface area contributed by atoms with E-state index in [0.29, 0.717) is 0 Å². The van der Waals surface area contributed by atoms with Crippen LogP contribution in [-0.2, 0) is 0 Å². The highest BCUT2D eigenvalue weighted by atomic mass is 35.5. The summed E-state index contributed by atoms with van der Waals surface area (Å²) < 4.78 is -1.50. The maximum absolute atomic E-state index is 13.2. The maximum Gasteiger partial charge on any atom is 0.202 e. The lowest BCUT2D eigenvalue weighted by Gasteiger charge is -2.27. The molecule has 0 bridgehead atoms. The van der Waals surface area contributed by atoms with Gasteiger partial charge in [-0.15, -0.1) is 23.2 Å². The first kappa shape index (κ1) is 17.9. The SMILES string of the molecule is O=C1c2c(ccc(Cl)c2O)C(=O)c2c1c(O)cc1c2C(=O)[C@H]2[C@H]([C@@H]1O)C2(Cl)Cl. The maximum atomic E-state index is 13.2. The quantitative estimate of drug-likeness (QED) is 0.464. The third kappa shape index (κ3) is 1.91. The Balaban J connectivity index is 1.84. The molecule has 0 aromatic heterocycles. The van der Waals surface area contributed by atoms with Gasteiger partial charge in [0, 0.05) is 22.6 Å². The van der Waals surface area contributed by atoms with E-state index in [2.05, 4.69) is 0 Å². The van der Waals surface area contributed by atoms with Crippen LogP contribution in [0.15, 0.2) is 18.2 Å². The van der Waals surface area contributed by atoms with Crippen molar-refractivity contribution in [2.75, 3.05) is 0 Å². The van der Waals surface area contributed by atoms with Gasteiger partial charge in [-0.1, -0.05) is 11.6 Å². The Morgan fingerprint density at radius 3 is 2.29 bits per heavy atom. The third-order valence-electron chi connectivity index (χ3n) is 5.69. The molecule has 3 aliphatic rings. The van der Waals surface area contributed by atoms with Crippen molar-refractivity contribution in [3.05, 3.63) is 56.6 Å². The standard InChI is InChI=1S/C19H9Cl3O6/c20-6-2-1-4-9(16(6)26)17(27)10-7(23)3-5-8(11(10)14(4)24)18(28)13-12(15(5)25)19(13,21)22/h1-3,12-13,15,23,25-26H/t12-,13-,15-/m1/s1. The summed E-state index contributed by atoms with van der Waals surface area (Å²) >= 11 is 18.1. The summed E-state index contributed by atoms with van der Waals surface area (Å²) in [5.41, 5.74) is -1.44. The van der Waals surface area contributed by atoms with Gasteiger partial charge < -0.3 is 15.3 Å².